The summed E-state index contributed by atoms with van der Waals surface area (Å²) < 4.78 is 13.4. The quantitative estimate of drug-likeness (QED) is 0.824. The van der Waals surface area contributed by atoms with Gasteiger partial charge in [0.2, 0.25) is 0 Å². The zero-order valence-electron chi connectivity index (χ0n) is 7.71. The van der Waals surface area contributed by atoms with E-state index in [0.29, 0.717) is 17.3 Å². The molecule has 14 heavy (non-hydrogen) atoms. The second-order valence-electron chi connectivity index (χ2n) is 3.12. The molecule has 1 N–H and O–H groups in total. The van der Waals surface area contributed by atoms with Gasteiger partial charge in [0.1, 0.15) is 5.82 Å². The highest BCUT2D eigenvalue weighted by atomic mass is 79.9. The van der Waals surface area contributed by atoms with Crippen molar-refractivity contribution in [1.82, 2.24) is 0 Å². The van der Waals surface area contributed by atoms with Crippen LogP contribution in [0.2, 0.25) is 0 Å². The summed E-state index contributed by atoms with van der Waals surface area (Å²) in [4.78, 5) is 0. The first kappa shape index (κ1) is 11.4. The Labute approximate surface area is 91.4 Å². The van der Waals surface area contributed by atoms with E-state index in [1.54, 1.807) is 12.1 Å². The Morgan fingerprint density at radius 2 is 2.29 bits per heavy atom. The number of hydrogen-bond acceptors (Lipinski definition) is 1. The third-order valence-corrected chi connectivity index (χ3v) is 2.65. The first-order valence-corrected chi connectivity index (χ1v) is 5.15. The lowest BCUT2D eigenvalue weighted by Gasteiger charge is -2.09. The Hall–Kier alpha value is -0.670. The molecular weight excluding hydrogens is 247 g/mol. The minimum atomic E-state index is -0.450. The third-order valence-electron chi connectivity index (χ3n) is 1.91. The summed E-state index contributed by atoms with van der Waals surface area (Å²) >= 11 is 3.25. The molecule has 76 valence electrons. The van der Waals surface area contributed by atoms with Crippen LogP contribution in [0.25, 0.3) is 0 Å². The van der Waals surface area contributed by atoms with Crippen molar-refractivity contribution >= 4 is 15.9 Å². The summed E-state index contributed by atoms with van der Waals surface area (Å²) in [6.45, 7) is 3.55. The average molecular weight is 259 g/mol. The highest BCUT2D eigenvalue weighted by Gasteiger charge is 2.07. The SMILES string of the molecule is C=CCC(O)Cc1ccc(F)cc1Br. The van der Waals surface area contributed by atoms with Crippen LogP contribution < -0.4 is 0 Å². The first-order valence-electron chi connectivity index (χ1n) is 4.36. The van der Waals surface area contributed by atoms with Gasteiger partial charge in [0, 0.05) is 4.47 Å². The van der Waals surface area contributed by atoms with E-state index >= 15 is 0 Å². The molecule has 0 aliphatic heterocycles. The Morgan fingerprint density at radius 1 is 1.57 bits per heavy atom. The van der Waals surface area contributed by atoms with Gasteiger partial charge in [-0.1, -0.05) is 28.1 Å². The van der Waals surface area contributed by atoms with Gasteiger partial charge in [0.05, 0.1) is 6.10 Å². The summed E-state index contributed by atoms with van der Waals surface area (Å²) in [5, 5.41) is 9.51. The Balaban J connectivity index is 2.71. The molecule has 1 atom stereocenters. The molecule has 0 heterocycles. The van der Waals surface area contributed by atoms with E-state index < -0.39 is 6.10 Å². The Bertz CT molecular complexity index is 325. The number of rotatable bonds is 4. The van der Waals surface area contributed by atoms with E-state index in [4.69, 9.17) is 0 Å². The van der Waals surface area contributed by atoms with Crippen LogP contribution >= 0.6 is 15.9 Å². The van der Waals surface area contributed by atoms with E-state index in [0.717, 1.165) is 5.56 Å². The summed E-state index contributed by atoms with van der Waals surface area (Å²) in [5.41, 5.74) is 0.903. The molecule has 0 aliphatic carbocycles. The van der Waals surface area contributed by atoms with Gasteiger partial charge in [-0.25, -0.2) is 4.39 Å². The maximum atomic E-state index is 12.7. The highest BCUT2D eigenvalue weighted by molar-refractivity contribution is 9.10. The van der Waals surface area contributed by atoms with Gasteiger partial charge in [-0.05, 0) is 30.5 Å². The van der Waals surface area contributed by atoms with Gasteiger partial charge in [0.15, 0.2) is 0 Å². The molecule has 0 fully saturated rings. The predicted octanol–water partition coefficient (Wildman–Crippen LogP) is 3.07. The zero-order chi connectivity index (χ0) is 10.6. The van der Waals surface area contributed by atoms with Gasteiger partial charge in [-0.15, -0.1) is 6.58 Å². The van der Waals surface area contributed by atoms with Crippen molar-refractivity contribution < 1.29 is 9.50 Å². The van der Waals surface area contributed by atoms with E-state index in [-0.39, 0.29) is 5.82 Å². The van der Waals surface area contributed by atoms with Crippen LogP contribution in [-0.2, 0) is 6.42 Å². The van der Waals surface area contributed by atoms with Crippen molar-refractivity contribution in [2.24, 2.45) is 0 Å². The smallest absolute Gasteiger partial charge is 0.124 e. The van der Waals surface area contributed by atoms with Gasteiger partial charge >= 0.3 is 0 Å². The van der Waals surface area contributed by atoms with Crippen molar-refractivity contribution in [1.29, 1.82) is 0 Å². The van der Waals surface area contributed by atoms with Gasteiger partial charge in [-0.2, -0.15) is 0 Å². The summed E-state index contributed by atoms with van der Waals surface area (Å²) in [7, 11) is 0. The Kier molecular flexibility index (Phi) is 4.29. The molecule has 1 unspecified atom stereocenters. The minimum absolute atomic E-state index is 0.279. The van der Waals surface area contributed by atoms with Crippen molar-refractivity contribution in [3.8, 4) is 0 Å². The molecule has 3 heteroatoms. The molecule has 0 saturated carbocycles. The van der Waals surface area contributed by atoms with E-state index in [2.05, 4.69) is 22.5 Å². The number of halogens is 2. The maximum Gasteiger partial charge on any atom is 0.124 e. The highest BCUT2D eigenvalue weighted by Crippen LogP contribution is 2.20. The zero-order valence-corrected chi connectivity index (χ0v) is 9.30. The standard InChI is InChI=1S/C11H12BrFO/c1-2-3-10(14)6-8-4-5-9(13)7-11(8)12/h2,4-5,7,10,14H,1,3,6H2. The lowest BCUT2D eigenvalue weighted by atomic mass is 10.1. The topological polar surface area (TPSA) is 20.2 Å². The summed E-state index contributed by atoms with van der Waals surface area (Å²) in [6, 6.07) is 4.46. The molecule has 1 aromatic rings. The second kappa shape index (κ2) is 5.27. The van der Waals surface area contributed by atoms with E-state index in [9.17, 15) is 9.50 Å². The molecule has 0 aromatic heterocycles. The molecule has 0 spiro atoms. The minimum Gasteiger partial charge on any atom is -0.392 e. The summed E-state index contributed by atoms with van der Waals surface area (Å²) in [5.74, 6) is -0.279. The fourth-order valence-electron chi connectivity index (χ4n) is 1.22. The Morgan fingerprint density at radius 3 is 2.86 bits per heavy atom. The van der Waals surface area contributed by atoms with Gasteiger partial charge in [-0.3, -0.25) is 0 Å². The van der Waals surface area contributed by atoms with Crippen LogP contribution in [0.15, 0.2) is 35.3 Å². The van der Waals surface area contributed by atoms with Crippen molar-refractivity contribution in [2.45, 2.75) is 18.9 Å². The van der Waals surface area contributed by atoms with Crippen molar-refractivity contribution in [3.63, 3.8) is 0 Å². The molecule has 0 bridgehead atoms. The normalized spacial score (nSPS) is 12.5. The fourth-order valence-corrected chi connectivity index (χ4v) is 1.73. The number of benzene rings is 1. The molecule has 1 aromatic carbocycles. The average Bonchev–Trinajstić information content (AvgIpc) is 2.10. The summed E-state index contributed by atoms with van der Waals surface area (Å²) in [6.07, 6.45) is 2.27. The molecule has 0 radical (unpaired) electrons. The first-order chi connectivity index (χ1) is 6.63. The fraction of sp³-hybridized carbons (Fsp3) is 0.273. The number of hydrogen-bond donors (Lipinski definition) is 1. The van der Waals surface area contributed by atoms with Crippen molar-refractivity contribution in [3.05, 3.63) is 46.7 Å². The predicted molar refractivity (Wildman–Crippen MR) is 58.6 cm³/mol. The lowest BCUT2D eigenvalue weighted by molar-refractivity contribution is 0.178. The number of aliphatic hydroxyl groups excluding tert-OH is 1. The van der Waals surface area contributed by atoms with E-state index in [1.165, 1.54) is 12.1 Å². The van der Waals surface area contributed by atoms with Crippen LogP contribution in [0.1, 0.15) is 12.0 Å². The van der Waals surface area contributed by atoms with Crippen LogP contribution in [0.5, 0.6) is 0 Å². The van der Waals surface area contributed by atoms with Crippen LogP contribution in [0, 0.1) is 5.82 Å². The van der Waals surface area contributed by atoms with Crippen LogP contribution in [-0.4, -0.2) is 11.2 Å². The second-order valence-corrected chi connectivity index (χ2v) is 3.97. The van der Waals surface area contributed by atoms with Crippen LogP contribution in [0.4, 0.5) is 4.39 Å². The largest absolute Gasteiger partial charge is 0.392 e. The molecular formula is C11H12BrFO. The van der Waals surface area contributed by atoms with Gasteiger partial charge in [0.25, 0.3) is 0 Å². The molecule has 1 rings (SSSR count). The van der Waals surface area contributed by atoms with E-state index in [1.807, 2.05) is 0 Å². The lowest BCUT2D eigenvalue weighted by Crippen LogP contribution is -2.09. The van der Waals surface area contributed by atoms with Crippen LogP contribution in [0.3, 0.4) is 0 Å². The maximum absolute atomic E-state index is 12.7. The van der Waals surface area contributed by atoms with Crippen molar-refractivity contribution in [2.75, 3.05) is 0 Å². The molecule has 1 nitrogen and oxygen atoms in total. The molecule has 0 aliphatic rings. The monoisotopic (exact) mass is 258 g/mol. The van der Waals surface area contributed by atoms with Gasteiger partial charge < -0.3 is 5.11 Å². The molecule has 0 amide bonds. The number of aliphatic hydroxyl groups is 1. The third kappa shape index (κ3) is 3.24. The molecule has 0 saturated heterocycles.